The highest BCUT2D eigenvalue weighted by molar-refractivity contribution is 14.0. The average molecular weight is 436 g/mol. The van der Waals surface area contributed by atoms with Crippen molar-refractivity contribution >= 4 is 29.9 Å². The number of ether oxygens (including phenoxy) is 2. The lowest BCUT2D eigenvalue weighted by Gasteiger charge is -2.36. The van der Waals surface area contributed by atoms with Crippen molar-refractivity contribution in [1.29, 1.82) is 0 Å². The van der Waals surface area contributed by atoms with Gasteiger partial charge in [0.2, 0.25) is 0 Å². The van der Waals surface area contributed by atoms with Gasteiger partial charge in [-0.1, -0.05) is 0 Å². The summed E-state index contributed by atoms with van der Waals surface area (Å²) in [7, 11) is 3.80. The summed E-state index contributed by atoms with van der Waals surface area (Å²) in [4.78, 5) is 4.64. The van der Waals surface area contributed by atoms with E-state index >= 15 is 0 Å². The number of aryl methyl sites for hydroxylation is 1. The molecule has 0 aromatic carbocycles. The van der Waals surface area contributed by atoms with Crippen LogP contribution in [0.1, 0.15) is 25.3 Å². The molecule has 1 aliphatic rings. The molecule has 7 heteroatoms. The molecule has 2 N–H and O–H groups in total. The van der Waals surface area contributed by atoms with E-state index < -0.39 is 0 Å². The number of aromatic nitrogens is 1. The normalized spacial score (nSPS) is 17.4. The molecule has 0 amide bonds. The number of halogens is 1. The van der Waals surface area contributed by atoms with E-state index in [4.69, 9.17) is 9.47 Å². The minimum absolute atomic E-state index is 0. The van der Waals surface area contributed by atoms with Crippen molar-refractivity contribution in [2.45, 2.75) is 31.9 Å². The first-order valence-electron chi connectivity index (χ1n) is 7.93. The molecule has 1 saturated heterocycles. The molecule has 2 rings (SSSR count). The van der Waals surface area contributed by atoms with E-state index in [1.807, 2.05) is 17.8 Å². The molecule has 1 aliphatic heterocycles. The maximum Gasteiger partial charge on any atom is 0.191 e. The first-order chi connectivity index (χ1) is 10.7. The van der Waals surface area contributed by atoms with Crippen LogP contribution >= 0.6 is 24.0 Å². The number of aliphatic imine (C=N–C) groups is 1. The number of hydrogen-bond donors (Lipinski definition) is 2. The number of hydrogen-bond acceptors (Lipinski definition) is 3. The lowest BCUT2D eigenvalue weighted by atomic mass is 9.94. The van der Waals surface area contributed by atoms with Crippen molar-refractivity contribution in [1.82, 2.24) is 15.2 Å². The Balaban J connectivity index is 0.00000264. The monoisotopic (exact) mass is 436 g/mol. The fraction of sp³-hybridized carbons (Fsp3) is 0.688. The Kier molecular flexibility index (Phi) is 8.93. The second-order valence-electron chi connectivity index (χ2n) is 5.73. The summed E-state index contributed by atoms with van der Waals surface area (Å²) in [6, 6.07) is 2.09. The van der Waals surface area contributed by atoms with Crippen LogP contribution in [0.25, 0.3) is 0 Å². The zero-order valence-corrected chi connectivity index (χ0v) is 16.6. The molecule has 0 atom stereocenters. The quantitative estimate of drug-likeness (QED) is 0.407. The third-order valence-electron chi connectivity index (χ3n) is 4.07. The molecule has 1 aromatic heterocycles. The minimum atomic E-state index is -0.152. The summed E-state index contributed by atoms with van der Waals surface area (Å²) in [6.07, 6.45) is 5.94. The lowest BCUT2D eigenvalue weighted by molar-refractivity contribution is -0.0855. The molecule has 0 aliphatic carbocycles. The van der Waals surface area contributed by atoms with Gasteiger partial charge < -0.3 is 24.7 Å². The number of rotatable bonds is 6. The fourth-order valence-corrected chi connectivity index (χ4v) is 2.61. The third-order valence-corrected chi connectivity index (χ3v) is 4.07. The van der Waals surface area contributed by atoms with Gasteiger partial charge in [-0.3, -0.25) is 0 Å². The first kappa shape index (κ1) is 20.2. The lowest BCUT2D eigenvalue weighted by Crippen LogP contribution is -2.50. The van der Waals surface area contributed by atoms with Gasteiger partial charge in [0, 0.05) is 65.7 Å². The summed E-state index contributed by atoms with van der Waals surface area (Å²) in [5.74, 6) is 0.828. The highest BCUT2D eigenvalue weighted by atomic mass is 127. The smallest absolute Gasteiger partial charge is 0.191 e. The molecule has 1 fully saturated rings. The largest absolute Gasteiger partial charge is 0.381 e. The van der Waals surface area contributed by atoms with Crippen LogP contribution < -0.4 is 10.6 Å². The molecule has 1 aromatic rings. The number of methoxy groups -OCH3 is 1. The van der Waals surface area contributed by atoms with Crippen molar-refractivity contribution < 1.29 is 9.47 Å². The van der Waals surface area contributed by atoms with E-state index in [9.17, 15) is 0 Å². The van der Waals surface area contributed by atoms with Crippen molar-refractivity contribution in [2.75, 3.05) is 33.4 Å². The van der Waals surface area contributed by atoms with Crippen LogP contribution in [0.5, 0.6) is 0 Å². The Labute approximate surface area is 156 Å². The van der Waals surface area contributed by atoms with Gasteiger partial charge in [0.05, 0.1) is 12.1 Å². The summed E-state index contributed by atoms with van der Waals surface area (Å²) < 4.78 is 13.2. The topological polar surface area (TPSA) is 59.8 Å². The van der Waals surface area contributed by atoms with Crippen LogP contribution in [0.2, 0.25) is 0 Å². The molecule has 0 spiro atoms. The highest BCUT2D eigenvalue weighted by Crippen LogP contribution is 2.23. The summed E-state index contributed by atoms with van der Waals surface area (Å²) in [5, 5.41) is 6.70. The molecule has 0 unspecified atom stereocenters. The molecule has 0 saturated carbocycles. The second kappa shape index (κ2) is 10.1. The van der Waals surface area contributed by atoms with Crippen LogP contribution in [0.15, 0.2) is 23.5 Å². The van der Waals surface area contributed by atoms with Crippen molar-refractivity contribution in [2.24, 2.45) is 12.0 Å². The number of guanidine groups is 1. The molecular weight excluding hydrogens is 407 g/mol. The first-order valence-corrected chi connectivity index (χ1v) is 7.93. The second-order valence-corrected chi connectivity index (χ2v) is 5.73. The third kappa shape index (κ3) is 6.31. The van der Waals surface area contributed by atoms with Gasteiger partial charge in [0.25, 0.3) is 0 Å². The molecular formula is C16H29IN4O2. The standard InChI is InChI=1S/C16H28N4O2.HI/c1-4-17-15(18-11-14-5-8-20(2)12-14)19-13-16(21-3)6-9-22-10-7-16;/h5,8,12H,4,6-7,9-11,13H2,1-3H3,(H2,17,18,19);1H. The molecule has 2 heterocycles. The highest BCUT2D eigenvalue weighted by Gasteiger charge is 2.32. The van der Waals surface area contributed by atoms with E-state index in [0.717, 1.165) is 45.1 Å². The van der Waals surface area contributed by atoms with Gasteiger partial charge in [0.1, 0.15) is 0 Å². The summed E-state index contributed by atoms with van der Waals surface area (Å²) in [5.41, 5.74) is 1.05. The Morgan fingerprint density at radius 1 is 1.39 bits per heavy atom. The zero-order chi connectivity index (χ0) is 15.8. The van der Waals surface area contributed by atoms with Gasteiger partial charge in [0.15, 0.2) is 5.96 Å². The summed E-state index contributed by atoms with van der Waals surface area (Å²) >= 11 is 0. The van der Waals surface area contributed by atoms with Crippen LogP contribution in [-0.2, 0) is 23.1 Å². The van der Waals surface area contributed by atoms with Crippen molar-refractivity contribution in [3.8, 4) is 0 Å². The molecule has 0 bridgehead atoms. The van der Waals surface area contributed by atoms with E-state index in [0.29, 0.717) is 6.54 Å². The van der Waals surface area contributed by atoms with Crippen LogP contribution in [0.4, 0.5) is 0 Å². The number of nitrogens with one attached hydrogen (secondary N) is 2. The van der Waals surface area contributed by atoms with Crippen LogP contribution in [-0.4, -0.2) is 49.5 Å². The predicted molar refractivity (Wildman–Crippen MR) is 103 cm³/mol. The number of nitrogens with zero attached hydrogens (tertiary/aromatic N) is 2. The maximum atomic E-state index is 5.74. The maximum absolute atomic E-state index is 5.74. The molecule has 23 heavy (non-hydrogen) atoms. The van der Waals surface area contributed by atoms with E-state index in [1.54, 1.807) is 7.11 Å². The van der Waals surface area contributed by atoms with E-state index in [1.165, 1.54) is 5.56 Å². The van der Waals surface area contributed by atoms with Crippen molar-refractivity contribution in [3.63, 3.8) is 0 Å². The van der Waals surface area contributed by atoms with Gasteiger partial charge in [-0.2, -0.15) is 0 Å². The fourth-order valence-electron chi connectivity index (χ4n) is 2.61. The predicted octanol–water partition coefficient (Wildman–Crippen LogP) is 1.89. The van der Waals surface area contributed by atoms with Gasteiger partial charge in [-0.25, -0.2) is 4.99 Å². The summed E-state index contributed by atoms with van der Waals surface area (Å²) in [6.45, 7) is 5.83. The van der Waals surface area contributed by atoms with Gasteiger partial charge >= 0.3 is 0 Å². The van der Waals surface area contributed by atoms with Gasteiger partial charge in [-0.05, 0) is 18.6 Å². The molecule has 132 valence electrons. The Morgan fingerprint density at radius 3 is 2.70 bits per heavy atom. The molecule has 0 radical (unpaired) electrons. The van der Waals surface area contributed by atoms with Crippen LogP contribution in [0, 0.1) is 0 Å². The van der Waals surface area contributed by atoms with Crippen molar-refractivity contribution in [3.05, 3.63) is 24.0 Å². The SMILES string of the molecule is CCNC(=NCc1ccn(C)c1)NCC1(OC)CCOCC1.I. The van der Waals surface area contributed by atoms with Crippen LogP contribution in [0.3, 0.4) is 0 Å². The minimum Gasteiger partial charge on any atom is -0.381 e. The van der Waals surface area contributed by atoms with E-state index in [2.05, 4.69) is 34.8 Å². The van der Waals surface area contributed by atoms with E-state index in [-0.39, 0.29) is 29.6 Å². The average Bonchev–Trinajstić information content (AvgIpc) is 2.96. The Hall–Kier alpha value is -0.800. The Morgan fingerprint density at radius 2 is 2.13 bits per heavy atom. The zero-order valence-electron chi connectivity index (χ0n) is 14.3. The van der Waals surface area contributed by atoms with Gasteiger partial charge in [-0.15, -0.1) is 24.0 Å². The molecule has 6 nitrogen and oxygen atoms in total. The Bertz CT molecular complexity index is 484.